The molecule has 3 aromatic rings. The summed E-state index contributed by atoms with van der Waals surface area (Å²) in [5.41, 5.74) is 2.51. The van der Waals surface area contributed by atoms with E-state index in [0.29, 0.717) is 36.7 Å². The highest BCUT2D eigenvalue weighted by atomic mass is 32.2. The summed E-state index contributed by atoms with van der Waals surface area (Å²) < 4.78 is 14.0. The van der Waals surface area contributed by atoms with Crippen molar-refractivity contribution in [2.24, 2.45) is 5.92 Å². The number of amides is 2. The average molecular weight is 493 g/mol. The summed E-state index contributed by atoms with van der Waals surface area (Å²) in [6, 6.07) is 25.4. The van der Waals surface area contributed by atoms with Crippen molar-refractivity contribution in [1.82, 2.24) is 10.2 Å². The van der Waals surface area contributed by atoms with Crippen molar-refractivity contribution in [1.29, 1.82) is 0 Å². The van der Waals surface area contributed by atoms with Gasteiger partial charge in [0.2, 0.25) is 11.8 Å². The van der Waals surface area contributed by atoms with Gasteiger partial charge in [-0.2, -0.15) is 0 Å². The van der Waals surface area contributed by atoms with E-state index in [2.05, 4.69) is 5.32 Å². The van der Waals surface area contributed by atoms with Gasteiger partial charge in [0, 0.05) is 25.3 Å². The number of rotatable bonds is 12. The lowest BCUT2D eigenvalue weighted by Crippen LogP contribution is -2.51. The van der Waals surface area contributed by atoms with Crippen LogP contribution in [0.5, 0.6) is 0 Å². The van der Waals surface area contributed by atoms with Crippen molar-refractivity contribution in [3.63, 3.8) is 0 Å². The standard InChI is InChI=1S/C29H33FN2O2S/c1-22(2)18-31-29(34)27(17-23-11-5-3-6-12-23)32(19-24-13-7-4-8-14-24)28(33)21-35-20-25-15-9-10-16-26(25)30/h3-16,22,27H,17-21H2,1-2H3,(H,31,34)/t27-/m0/s1. The van der Waals surface area contributed by atoms with Crippen LogP contribution in [0.25, 0.3) is 0 Å². The van der Waals surface area contributed by atoms with E-state index < -0.39 is 6.04 Å². The normalized spacial score (nSPS) is 11.8. The summed E-state index contributed by atoms with van der Waals surface area (Å²) >= 11 is 1.36. The van der Waals surface area contributed by atoms with Gasteiger partial charge >= 0.3 is 0 Å². The Morgan fingerprint density at radius 2 is 1.49 bits per heavy atom. The van der Waals surface area contributed by atoms with Gasteiger partial charge in [0.15, 0.2) is 0 Å². The van der Waals surface area contributed by atoms with Crippen LogP contribution in [0.1, 0.15) is 30.5 Å². The summed E-state index contributed by atoms with van der Waals surface area (Å²) in [4.78, 5) is 28.6. The molecule has 0 aliphatic rings. The van der Waals surface area contributed by atoms with Crippen LogP contribution in [0.3, 0.4) is 0 Å². The lowest BCUT2D eigenvalue weighted by molar-refractivity contribution is -0.139. The average Bonchev–Trinajstić information content (AvgIpc) is 2.87. The quantitative estimate of drug-likeness (QED) is 0.365. The minimum atomic E-state index is -0.655. The molecule has 0 aliphatic carbocycles. The first-order chi connectivity index (χ1) is 16.9. The molecule has 0 saturated carbocycles. The first-order valence-corrected chi connectivity index (χ1v) is 13.1. The molecule has 0 radical (unpaired) electrons. The number of nitrogens with zero attached hydrogens (tertiary/aromatic N) is 1. The van der Waals surface area contributed by atoms with Gasteiger partial charge in [0.25, 0.3) is 0 Å². The van der Waals surface area contributed by atoms with E-state index >= 15 is 0 Å². The summed E-state index contributed by atoms with van der Waals surface area (Å²) in [5.74, 6) is 0.265. The second-order valence-electron chi connectivity index (χ2n) is 8.94. The Morgan fingerprint density at radius 1 is 0.886 bits per heavy atom. The number of thioether (sulfide) groups is 1. The van der Waals surface area contributed by atoms with Crippen molar-refractivity contribution in [2.45, 2.75) is 38.6 Å². The maximum Gasteiger partial charge on any atom is 0.243 e. The van der Waals surface area contributed by atoms with Gasteiger partial charge in [0.05, 0.1) is 5.75 Å². The number of carbonyl (C=O) groups excluding carboxylic acids is 2. The first kappa shape index (κ1) is 26.5. The van der Waals surface area contributed by atoms with Gasteiger partial charge in [-0.05, 0) is 28.7 Å². The summed E-state index contributed by atoms with van der Waals surface area (Å²) in [5, 5.41) is 3.02. The molecule has 6 heteroatoms. The maximum atomic E-state index is 14.0. The van der Waals surface area contributed by atoms with Crippen LogP contribution in [0.4, 0.5) is 4.39 Å². The molecule has 0 spiro atoms. The zero-order chi connectivity index (χ0) is 25.0. The molecule has 0 unspecified atom stereocenters. The fourth-order valence-corrected chi connectivity index (χ4v) is 4.60. The zero-order valence-electron chi connectivity index (χ0n) is 20.3. The van der Waals surface area contributed by atoms with E-state index in [1.165, 1.54) is 17.8 Å². The molecule has 3 rings (SSSR count). The van der Waals surface area contributed by atoms with Gasteiger partial charge in [0.1, 0.15) is 11.9 Å². The molecule has 1 N–H and O–H groups in total. The number of benzene rings is 3. The third-order valence-electron chi connectivity index (χ3n) is 5.59. The molecule has 184 valence electrons. The summed E-state index contributed by atoms with van der Waals surface area (Å²) in [6.07, 6.45) is 0.418. The largest absolute Gasteiger partial charge is 0.354 e. The number of halogens is 1. The molecule has 0 heterocycles. The highest BCUT2D eigenvalue weighted by Gasteiger charge is 2.30. The molecule has 4 nitrogen and oxygen atoms in total. The second kappa shape index (κ2) is 13.7. The lowest BCUT2D eigenvalue weighted by Gasteiger charge is -2.31. The van der Waals surface area contributed by atoms with Crippen molar-refractivity contribution >= 4 is 23.6 Å². The molecule has 0 bridgehead atoms. The summed E-state index contributed by atoms with van der Waals surface area (Å²) in [6.45, 7) is 4.95. The highest BCUT2D eigenvalue weighted by Crippen LogP contribution is 2.19. The van der Waals surface area contributed by atoms with Crippen LogP contribution in [0, 0.1) is 11.7 Å². The zero-order valence-corrected chi connectivity index (χ0v) is 21.1. The fourth-order valence-electron chi connectivity index (χ4n) is 3.70. The van der Waals surface area contributed by atoms with Crippen LogP contribution in [-0.2, 0) is 28.3 Å². The van der Waals surface area contributed by atoms with Crippen LogP contribution in [-0.4, -0.2) is 35.1 Å². The van der Waals surface area contributed by atoms with Gasteiger partial charge in [-0.15, -0.1) is 11.8 Å². The third-order valence-corrected chi connectivity index (χ3v) is 6.56. The molecule has 0 aliphatic heterocycles. The van der Waals surface area contributed by atoms with Crippen molar-refractivity contribution in [3.05, 3.63) is 107 Å². The molecule has 0 saturated heterocycles. The van der Waals surface area contributed by atoms with Crippen LogP contribution >= 0.6 is 11.8 Å². The molecule has 0 fully saturated rings. The van der Waals surface area contributed by atoms with Gasteiger partial charge < -0.3 is 10.2 Å². The van der Waals surface area contributed by atoms with Crippen LogP contribution in [0.15, 0.2) is 84.9 Å². The van der Waals surface area contributed by atoms with Crippen molar-refractivity contribution in [3.8, 4) is 0 Å². The smallest absolute Gasteiger partial charge is 0.243 e. The first-order valence-electron chi connectivity index (χ1n) is 11.9. The number of carbonyl (C=O) groups is 2. The number of hydrogen-bond donors (Lipinski definition) is 1. The Kier molecular flexibility index (Phi) is 10.4. The number of nitrogens with one attached hydrogen (secondary N) is 1. The van der Waals surface area contributed by atoms with Crippen molar-refractivity contribution < 1.29 is 14.0 Å². The molecular formula is C29H33FN2O2S. The SMILES string of the molecule is CC(C)CNC(=O)[C@H](Cc1ccccc1)N(Cc1ccccc1)C(=O)CSCc1ccccc1F. The Morgan fingerprint density at radius 3 is 2.11 bits per heavy atom. The second-order valence-corrected chi connectivity index (χ2v) is 9.92. The van der Waals surface area contributed by atoms with Crippen molar-refractivity contribution in [2.75, 3.05) is 12.3 Å². The third kappa shape index (κ3) is 8.55. The van der Waals surface area contributed by atoms with Gasteiger partial charge in [-0.25, -0.2) is 4.39 Å². The van der Waals surface area contributed by atoms with E-state index in [0.717, 1.165) is 11.1 Å². The molecular weight excluding hydrogens is 459 g/mol. The Labute approximate surface area is 211 Å². The minimum absolute atomic E-state index is 0.143. The van der Waals surface area contributed by atoms with Gasteiger partial charge in [-0.3, -0.25) is 9.59 Å². The Bertz CT molecular complexity index is 1080. The molecule has 2 amide bonds. The molecule has 35 heavy (non-hydrogen) atoms. The number of hydrogen-bond acceptors (Lipinski definition) is 3. The highest BCUT2D eigenvalue weighted by molar-refractivity contribution is 7.99. The lowest BCUT2D eigenvalue weighted by atomic mass is 10.0. The van der Waals surface area contributed by atoms with E-state index in [1.54, 1.807) is 23.1 Å². The Hall–Kier alpha value is -3.12. The molecule has 0 aromatic heterocycles. The fraction of sp³-hybridized carbons (Fsp3) is 0.310. The van der Waals surface area contributed by atoms with E-state index in [-0.39, 0.29) is 23.4 Å². The minimum Gasteiger partial charge on any atom is -0.354 e. The van der Waals surface area contributed by atoms with Crippen LogP contribution in [0.2, 0.25) is 0 Å². The molecule has 1 atom stereocenters. The Balaban J connectivity index is 1.82. The maximum absolute atomic E-state index is 14.0. The predicted octanol–water partition coefficient (Wildman–Crippen LogP) is 5.47. The van der Waals surface area contributed by atoms with E-state index in [9.17, 15) is 14.0 Å². The predicted molar refractivity (Wildman–Crippen MR) is 141 cm³/mol. The topological polar surface area (TPSA) is 49.4 Å². The van der Waals surface area contributed by atoms with Crippen LogP contribution < -0.4 is 5.32 Å². The van der Waals surface area contributed by atoms with Gasteiger partial charge in [-0.1, -0.05) is 92.7 Å². The van der Waals surface area contributed by atoms with E-state index in [1.807, 2.05) is 74.5 Å². The monoisotopic (exact) mass is 492 g/mol. The van der Waals surface area contributed by atoms with E-state index in [4.69, 9.17) is 0 Å². The summed E-state index contributed by atoms with van der Waals surface area (Å²) in [7, 11) is 0. The molecule has 3 aromatic carbocycles.